The van der Waals surface area contributed by atoms with Gasteiger partial charge in [0.25, 0.3) is 0 Å². The van der Waals surface area contributed by atoms with E-state index in [0.717, 1.165) is 24.3 Å². The zero-order chi connectivity index (χ0) is 14.6. The zero-order valence-electron chi connectivity index (χ0n) is 9.58. The molecule has 3 nitrogen and oxygen atoms in total. The van der Waals surface area contributed by atoms with Gasteiger partial charge in [0.2, 0.25) is 0 Å². The summed E-state index contributed by atoms with van der Waals surface area (Å²) in [5.41, 5.74) is -0.0824. The van der Waals surface area contributed by atoms with Crippen molar-refractivity contribution in [2.24, 2.45) is 5.92 Å². The van der Waals surface area contributed by atoms with E-state index in [1.54, 1.807) is 0 Å². The molecule has 7 heteroatoms. The van der Waals surface area contributed by atoms with Gasteiger partial charge in [-0.1, -0.05) is 0 Å². The van der Waals surface area contributed by atoms with Crippen LogP contribution in [-0.4, -0.2) is 23.0 Å². The molecule has 1 rings (SSSR count). The standard InChI is InChI=1S/C12H10F4O3/c13-9-3-1-7(2-4-9)10(17)5-8(6-11(18)19)12(14,15)16/h1-4,8H,5-6H2,(H,18,19). The van der Waals surface area contributed by atoms with Crippen molar-refractivity contribution in [3.63, 3.8) is 0 Å². The number of halogens is 4. The first-order valence-corrected chi connectivity index (χ1v) is 5.27. The summed E-state index contributed by atoms with van der Waals surface area (Å²) >= 11 is 0. The Bertz CT molecular complexity index is 465. The fourth-order valence-corrected chi connectivity index (χ4v) is 1.49. The molecule has 1 unspecified atom stereocenters. The average Bonchev–Trinajstić information content (AvgIpc) is 2.27. The SMILES string of the molecule is O=C(O)CC(CC(=O)c1ccc(F)cc1)C(F)(F)F. The Hall–Kier alpha value is -1.92. The van der Waals surface area contributed by atoms with Crippen LogP contribution >= 0.6 is 0 Å². The van der Waals surface area contributed by atoms with E-state index in [1.165, 1.54) is 0 Å². The first kappa shape index (κ1) is 15.1. The van der Waals surface area contributed by atoms with Crippen molar-refractivity contribution < 1.29 is 32.3 Å². The molecule has 0 spiro atoms. The fourth-order valence-electron chi connectivity index (χ4n) is 1.49. The van der Waals surface area contributed by atoms with E-state index in [1.807, 2.05) is 0 Å². The summed E-state index contributed by atoms with van der Waals surface area (Å²) in [7, 11) is 0. The summed E-state index contributed by atoms with van der Waals surface area (Å²) in [4.78, 5) is 21.9. The van der Waals surface area contributed by atoms with Crippen LogP contribution in [-0.2, 0) is 4.79 Å². The van der Waals surface area contributed by atoms with E-state index in [-0.39, 0.29) is 5.56 Å². The lowest BCUT2D eigenvalue weighted by molar-refractivity contribution is -0.182. The smallest absolute Gasteiger partial charge is 0.392 e. The minimum atomic E-state index is -4.77. The predicted molar refractivity (Wildman–Crippen MR) is 57.1 cm³/mol. The summed E-state index contributed by atoms with van der Waals surface area (Å²) in [6.45, 7) is 0. The van der Waals surface area contributed by atoms with Gasteiger partial charge in [-0.15, -0.1) is 0 Å². The van der Waals surface area contributed by atoms with E-state index in [4.69, 9.17) is 5.11 Å². The van der Waals surface area contributed by atoms with Crippen molar-refractivity contribution in [1.29, 1.82) is 0 Å². The third kappa shape index (κ3) is 4.69. The number of aliphatic carboxylic acids is 1. The van der Waals surface area contributed by atoms with Gasteiger partial charge < -0.3 is 5.11 Å². The summed E-state index contributed by atoms with van der Waals surface area (Å²) < 4.78 is 50.2. The van der Waals surface area contributed by atoms with E-state index >= 15 is 0 Å². The second-order valence-corrected chi connectivity index (χ2v) is 3.97. The van der Waals surface area contributed by atoms with Crippen LogP contribution in [0.2, 0.25) is 0 Å². The molecule has 0 saturated carbocycles. The van der Waals surface area contributed by atoms with Gasteiger partial charge in [0.05, 0.1) is 12.3 Å². The molecule has 19 heavy (non-hydrogen) atoms. The highest BCUT2D eigenvalue weighted by Crippen LogP contribution is 2.32. The monoisotopic (exact) mass is 278 g/mol. The highest BCUT2D eigenvalue weighted by molar-refractivity contribution is 5.96. The zero-order valence-corrected chi connectivity index (χ0v) is 9.58. The van der Waals surface area contributed by atoms with Crippen molar-refractivity contribution in [3.8, 4) is 0 Å². The second kappa shape index (κ2) is 5.81. The van der Waals surface area contributed by atoms with E-state index in [0.29, 0.717) is 0 Å². The van der Waals surface area contributed by atoms with Gasteiger partial charge in [-0.3, -0.25) is 9.59 Å². The van der Waals surface area contributed by atoms with E-state index in [9.17, 15) is 27.2 Å². The second-order valence-electron chi connectivity index (χ2n) is 3.97. The molecule has 0 aliphatic rings. The normalized spacial score (nSPS) is 13.1. The molecule has 0 bridgehead atoms. The lowest BCUT2D eigenvalue weighted by Crippen LogP contribution is -2.28. The van der Waals surface area contributed by atoms with Crippen molar-refractivity contribution in [2.75, 3.05) is 0 Å². The molecule has 1 aromatic rings. The van der Waals surface area contributed by atoms with Crippen LogP contribution in [0.25, 0.3) is 0 Å². The Balaban J connectivity index is 2.81. The first-order valence-electron chi connectivity index (χ1n) is 5.27. The lowest BCUT2D eigenvalue weighted by atomic mass is 9.95. The van der Waals surface area contributed by atoms with E-state index in [2.05, 4.69) is 0 Å². The third-order valence-electron chi connectivity index (χ3n) is 2.48. The number of carbonyl (C=O) groups excluding carboxylic acids is 1. The Morgan fingerprint density at radius 3 is 2.05 bits per heavy atom. The van der Waals surface area contributed by atoms with Crippen LogP contribution in [0.15, 0.2) is 24.3 Å². The van der Waals surface area contributed by atoms with Gasteiger partial charge >= 0.3 is 12.1 Å². The number of alkyl halides is 3. The first-order chi connectivity index (χ1) is 8.70. The Morgan fingerprint density at radius 2 is 1.63 bits per heavy atom. The third-order valence-corrected chi connectivity index (χ3v) is 2.48. The van der Waals surface area contributed by atoms with Gasteiger partial charge in [-0.2, -0.15) is 13.2 Å². The molecule has 0 radical (unpaired) electrons. The van der Waals surface area contributed by atoms with Crippen molar-refractivity contribution in [2.45, 2.75) is 19.0 Å². The molecule has 0 aromatic heterocycles. The molecule has 1 atom stereocenters. The van der Waals surface area contributed by atoms with E-state index < -0.39 is 42.5 Å². The molecule has 0 saturated heterocycles. The number of carboxylic acids is 1. The maximum atomic E-state index is 12.6. The van der Waals surface area contributed by atoms with Crippen molar-refractivity contribution in [1.82, 2.24) is 0 Å². The Morgan fingerprint density at radius 1 is 1.11 bits per heavy atom. The number of carboxylic acid groups (broad SMARTS) is 1. The highest BCUT2D eigenvalue weighted by atomic mass is 19.4. The molecule has 1 N–H and O–H groups in total. The summed E-state index contributed by atoms with van der Waals surface area (Å²) in [6, 6.07) is 4.03. The lowest BCUT2D eigenvalue weighted by Gasteiger charge is -2.17. The van der Waals surface area contributed by atoms with Crippen LogP contribution in [0.5, 0.6) is 0 Å². The molecule has 0 amide bonds. The average molecular weight is 278 g/mol. The molecule has 0 fully saturated rings. The predicted octanol–water partition coefficient (Wildman–Crippen LogP) is 3.05. The summed E-state index contributed by atoms with van der Waals surface area (Å²) in [5, 5.41) is 8.41. The van der Waals surface area contributed by atoms with Crippen LogP contribution < -0.4 is 0 Å². The summed E-state index contributed by atoms with van der Waals surface area (Å²) in [6.07, 6.45) is -6.91. The quantitative estimate of drug-likeness (QED) is 0.665. The number of benzene rings is 1. The molecule has 0 heterocycles. The molecule has 104 valence electrons. The van der Waals surface area contributed by atoms with Crippen LogP contribution in [0.4, 0.5) is 17.6 Å². The van der Waals surface area contributed by atoms with Crippen LogP contribution in [0.1, 0.15) is 23.2 Å². The van der Waals surface area contributed by atoms with Gasteiger partial charge in [-0.25, -0.2) is 4.39 Å². The van der Waals surface area contributed by atoms with Gasteiger partial charge in [-0.05, 0) is 24.3 Å². The van der Waals surface area contributed by atoms with Gasteiger partial charge in [0, 0.05) is 12.0 Å². The maximum Gasteiger partial charge on any atom is 0.392 e. The molecule has 0 aliphatic heterocycles. The minimum absolute atomic E-state index is 0.0824. The number of ketones is 1. The molecule has 0 aliphatic carbocycles. The molecule has 1 aromatic carbocycles. The topological polar surface area (TPSA) is 54.4 Å². The molecular weight excluding hydrogens is 268 g/mol. The van der Waals surface area contributed by atoms with Gasteiger partial charge in [0.15, 0.2) is 5.78 Å². The largest absolute Gasteiger partial charge is 0.481 e. The Kier molecular flexibility index (Phi) is 4.63. The number of rotatable bonds is 5. The number of carbonyl (C=O) groups is 2. The van der Waals surface area contributed by atoms with Crippen LogP contribution in [0.3, 0.4) is 0 Å². The number of hydrogen-bond donors (Lipinski definition) is 1. The number of Topliss-reactive ketones (excluding diaryl/α,β-unsaturated/α-hetero) is 1. The van der Waals surface area contributed by atoms with Gasteiger partial charge in [0.1, 0.15) is 5.82 Å². The van der Waals surface area contributed by atoms with Crippen LogP contribution in [0, 0.1) is 11.7 Å². The summed E-state index contributed by atoms with van der Waals surface area (Å²) in [5.74, 6) is -5.37. The fraction of sp³-hybridized carbons (Fsp3) is 0.333. The van der Waals surface area contributed by atoms with Crippen molar-refractivity contribution in [3.05, 3.63) is 35.6 Å². The van der Waals surface area contributed by atoms with Crippen molar-refractivity contribution >= 4 is 11.8 Å². The minimum Gasteiger partial charge on any atom is -0.481 e. The maximum absolute atomic E-state index is 12.6. The number of hydrogen-bond acceptors (Lipinski definition) is 2. The molecular formula is C12H10F4O3. The Labute approximate surface area is 105 Å². The highest BCUT2D eigenvalue weighted by Gasteiger charge is 2.42.